The molecule has 186 valence electrons. The SMILES string of the molecule is c1ccc(-c2ccc3ccccc3c2-c2c(-c3ccccc3)ccc3c2ccc2c4ccccc4ccc32)cc1. The van der Waals surface area contributed by atoms with Crippen molar-refractivity contribution in [3.05, 3.63) is 158 Å². The van der Waals surface area contributed by atoms with Gasteiger partial charge in [-0.05, 0) is 76.5 Å². The molecule has 0 aliphatic carbocycles. The van der Waals surface area contributed by atoms with E-state index in [4.69, 9.17) is 0 Å². The van der Waals surface area contributed by atoms with Crippen LogP contribution in [0.25, 0.3) is 76.5 Å². The highest BCUT2D eigenvalue weighted by atomic mass is 14.2. The first-order valence-electron chi connectivity index (χ1n) is 13.9. The summed E-state index contributed by atoms with van der Waals surface area (Å²) in [5.74, 6) is 0. The quantitative estimate of drug-likeness (QED) is 0.209. The standard InChI is InChI=1S/C40H26/c1-3-11-27(12-4-1)33-21-19-30-16-8-10-18-32(30)39(33)40-34(28-13-5-2-6-14-28)23-24-37-36-22-20-29-15-7-9-17-31(29)35(36)25-26-38(37)40/h1-26H. The van der Waals surface area contributed by atoms with Crippen LogP contribution in [0.2, 0.25) is 0 Å². The molecule has 0 radical (unpaired) electrons. The lowest BCUT2D eigenvalue weighted by atomic mass is 9.82. The molecule has 0 nitrogen and oxygen atoms in total. The minimum absolute atomic E-state index is 1.23. The molecule has 0 heteroatoms. The maximum absolute atomic E-state index is 2.35. The fourth-order valence-electron chi connectivity index (χ4n) is 6.43. The summed E-state index contributed by atoms with van der Waals surface area (Å²) in [5.41, 5.74) is 7.53. The summed E-state index contributed by atoms with van der Waals surface area (Å²) in [4.78, 5) is 0. The first-order chi connectivity index (χ1) is 19.9. The van der Waals surface area contributed by atoms with Crippen molar-refractivity contribution in [2.75, 3.05) is 0 Å². The van der Waals surface area contributed by atoms with Gasteiger partial charge in [0.25, 0.3) is 0 Å². The zero-order valence-corrected chi connectivity index (χ0v) is 22.0. The van der Waals surface area contributed by atoms with Gasteiger partial charge in [-0.15, -0.1) is 0 Å². The van der Waals surface area contributed by atoms with Crippen LogP contribution in [-0.2, 0) is 0 Å². The topological polar surface area (TPSA) is 0 Å². The van der Waals surface area contributed by atoms with E-state index in [0.29, 0.717) is 0 Å². The van der Waals surface area contributed by atoms with Crippen molar-refractivity contribution in [3.63, 3.8) is 0 Å². The van der Waals surface area contributed by atoms with Gasteiger partial charge in [0.05, 0.1) is 0 Å². The maximum Gasteiger partial charge on any atom is -0.00141 e. The zero-order valence-electron chi connectivity index (χ0n) is 22.0. The molecule has 8 rings (SSSR count). The summed E-state index contributed by atoms with van der Waals surface area (Å²) in [7, 11) is 0. The van der Waals surface area contributed by atoms with E-state index in [1.165, 1.54) is 76.5 Å². The minimum atomic E-state index is 1.23. The largest absolute Gasteiger partial charge is 0.0622 e. The van der Waals surface area contributed by atoms with Crippen molar-refractivity contribution in [1.82, 2.24) is 0 Å². The Labute approximate surface area is 233 Å². The van der Waals surface area contributed by atoms with E-state index in [1.54, 1.807) is 0 Å². The summed E-state index contributed by atoms with van der Waals surface area (Å²) in [6.07, 6.45) is 0. The van der Waals surface area contributed by atoms with Crippen LogP contribution in [0.5, 0.6) is 0 Å². The van der Waals surface area contributed by atoms with Crippen molar-refractivity contribution in [3.8, 4) is 33.4 Å². The van der Waals surface area contributed by atoms with Crippen molar-refractivity contribution in [2.24, 2.45) is 0 Å². The van der Waals surface area contributed by atoms with Gasteiger partial charge >= 0.3 is 0 Å². The Morgan fingerprint density at radius 3 is 1.32 bits per heavy atom. The van der Waals surface area contributed by atoms with Crippen LogP contribution in [0.4, 0.5) is 0 Å². The van der Waals surface area contributed by atoms with Gasteiger partial charge in [0.15, 0.2) is 0 Å². The molecule has 0 spiro atoms. The predicted molar refractivity (Wildman–Crippen MR) is 173 cm³/mol. The second kappa shape index (κ2) is 9.22. The van der Waals surface area contributed by atoms with Crippen LogP contribution in [0, 0.1) is 0 Å². The predicted octanol–water partition coefficient (Wildman–Crippen LogP) is 11.3. The van der Waals surface area contributed by atoms with Crippen molar-refractivity contribution in [2.45, 2.75) is 0 Å². The van der Waals surface area contributed by atoms with Crippen molar-refractivity contribution >= 4 is 43.1 Å². The molecule has 0 aliphatic heterocycles. The molecular formula is C40H26. The van der Waals surface area contributed by atoms with Gasteiger partial charge in [0, 0.05) is 0 Å². The first-order valence-corrected chi connectivity index (χ1v) is 13.9. The number of hydrogen-bond acceptors (Lipinski definition) is 0. The third-order valence-corrected chi connectivity index (χ3v) is 8.27. The molecule has 0 aliphatic rings. The minimum Gasteiger partial charge on any atom is -0.0622 e. The molecule has 0 amide bonds. The number of hydrogen-bond donors (Lipinski definition) is 0. The van der Waals surface area contributed by atoms with E-state index in [9.17, 15) is 0 Å². The van der Waals surface area contributed by atoms with Crippen molar-refractivity contribution < 1.29 is 0 Å². The highest BCUT2D eigenvalue weighted by Crippen LogP contribution is 2.47. The van der Waals surface area contributed by atoms with Crippen LogP contribution in [0.3, 0.4) is 0 Å². The van der Waals surface area contributed by atoms with Gasteiger partial charge in [-0.3, -0.25) is 0 Å². The highest BCUT2D eigenvalue weighted by molar-refractivity contribution is 6.23. The second-order valence-corrected chi connectivity index (χ2v) is 10.5. The molecule has 0 saturated carbocycles. The zero-order chi connectivity index (χ0) is 26.5. The molecule has 40 heavy (non-hydrogen) atoms. The highest BCUT2D eigenvalue weighted by Gasteiger charge is 2.20. The lowest BCUT2D eigenvalue weighted by Gasteiger charge is -2.21. The first kappa shape index (κ1) is 22.8. The van der Waals surface area contributed by atoms with E-state index in [-0.39, 0.29) is 0 Å². The van der Waals surface area contributed by atoms with Gasteiger partial charge in [-0.1, -0.05) is 158 Å². The second-order valence-electron chi connectivity index (χ2n) is 10.5. The molecule has 0 heterocycles. The fraction of sp³-hybridized carbons (Fsp3) is 0. The Hall–Kier alpha value is -5.20. The van der Waals surface area contributed by atoms with Gasteiger partial charge in [0.1, 0.15) is 0 Å². The number of benzene rings is 8. The normalized spacial score (nSPS) is 11.5. The van der Waals surface area contributed by atoms with Crippen LogP contribution in [0.1, 0.15) is 0 Å². The van der Waals surface area contributed by atoms with Crippen LogP contribution >= 0.6 is 0 Å². The molecule has 8 aromatic rings. The van der Waals surface area contributed by atoms with E-state index in [1.807, 2.05) is 0 Å². The van der Waals surface area contributed by atoms with Crippen LogP contribution in [-0.4, -0.2) is 0 Å². The monoisotopic (exact) mass is 506 g/mol. The summed E-state index contributed by atoms with van der Waals surface area (Å²) >= 11 is 0. The Kier molecular flexibility index (Phi) is 5.24. The fourth-order valence-corrected chi connectivity index (χ4v) is 6.43. The van der Waals surface area contributed by atoms with E-state index >= 15 is 0 Å². The molecule has 0 unspecified atom stereocenters. The molecule has 0 aromatic heterocycles. The number of rotatable bonds is 3. The lowest BCUT2D eigenvalue weighted by Crippen LogP contribution is -1.94. The number of fused-ring (bicyclic) bond motifs is 6. The Bertz CT molecular complexity index is 2190. The average molecular weight is 507 g/mol. The molecule has 0 saturated heterocycles. The summed E-state index contributed by atoms with van der Waals surface area (Å²) in [6.45, 7) is 0. The van der Waals surface area contributed by atoms with Crippen LogP contribution < -0.4 is 0 Å². The summed E-state index contributed by atoms with van der Waals surface area (Å²) in [5, 5.41) is 10.2. The third-order valence-electron chi connectivity index (χ3n) is 8.27. The molecular weight excluding hydrogens is 480 g/mol. The molecule has 8 aromatic carbocycles. The van der Waals surface area contributed by atoms with Gasteiger partial charge in [-0.25, -0.2) is 0 Å². The Morgan fingerprint density at radius 1 is 0.225 bits per heavy atom. The third kappa shape index (κ3) is 3.54. The summed E-state index contributed by atoms with van der Waals surface area (Å²) in [6, 6.07) is 57.6. The van der Waals surface area contributed by atoms with Gasteiger partial charge < -0.3 is 0 Å². The van der Waals surface area contributed by atoms with Gasteiger partial charge in [-0.2, -0.15) is 0 Å². The van der Waals surface area contributed by atoms with Crippen LogP contribution in [0.15, 0.2) is 158 Å². The maximum atomic E-state index is 2.35. The Balaban J connectivity index is 1.57. The average Bonchev–Trinajstić information content (AvgIpc) is 3.04. The summed E-state index contributed by atoms with van der Waals surface area (Å²) < 4.78 is 0. The van der Waals surface area contributed by atoms with Gasteiger partial charge in [0.2, 0.25) is 0 Å². The molecule has 0 bridgehead atoms. The smallest absolute Gasteiger partial charge is 0.00141 e. The van der Waals surface area contributed by atoms with E-state index in [0.717, 1.165) is 0 Å². The molecule has 0 atom stereocenters. The van der Waals surface area contributed by atoms with Crippen molar-refractivity contribution in [1.29, 1.82) is 0 Å². The lowest BCUT2D eigenvalue weighted by molar-refractivity contribution is 1.61. The van der Waals surface area contributed by atoms with E-state index < -0.39 is 0 Å². The van der Waals surface area contributed by atoms with E-state index in [2.05, 4.69) is 158 Å². The molecule has 0 fully saturated rings. The Morgan fingerprint density at radius 2 is 0.625 bits per heavy atom. The molecule has 0 N–H and O–H groups in total.